The molecule has 1 aliphatic rings. The van der Waals surface area contributed by atoms with Gasteiger partial charge in [-0.1, -0.05) is 30.3 Å². The number of methoxy groups -OCH3 is 2. The lowest BCUT2D eigenvalue weighted by atomic mass is 10.2. The number of morpholine rings is 1. The summed E-state index contributed by atoms with van der Waals surface area (Å²) in [5.74, 6) is 0. The predicted molar refractivity (Wildman–Crippen MR) is 93.2 cm³/mol. The molecule has 1 N–H and O–H groups in total. The maximum absolute atomic E-state index is 12.2. The molecule has 2 unspecified atom stereocenters. The zero-order valence-electron chi connectivity index (χ0n) is 15.1. The molecule has 1 amide bonds. The Labute approximate surface area is 149 Å². The van der Waals surface area contributed by atoms with Gasteiger partial charge in [0, 0.05) is 27.3 Å². The van der Waals surface area contributed by atoms with E-state index in [0.29, 0.717) is 26.2 Å². The molecule has 0 radical (unpaired) electrons. The topological polar surface area (TPSA) is 69.3 Å². The van der Waals surface area contributed by atoms with E-state index in [1.807, 2.05) is 37.3 Å². The number of carbonyl (C=O) groups is 1. The average Bonchev–Trinajstić information content (AvgIpc) is 2.66. The van der Waals surface area contributed by atoms with Gasteiger partial charge in [0.05, 0.1) is 25.3 Å². The van der Waals surface area contributed by atoms with Crippen molar-refractivity contribution in [3.63, 3.8) is 0 Å². The Morgan fingerprint density at radius 1 is 1.32 bits per heavy atom. The molecule has 0 aromatic heterocycles. The minimum absolute atomic E-state index is 0.0130. The highest BCUT2D eigenvalue weighted by Gasteiger charge is 2.26. The minimum Gasteiger partial charge on any atom is -0.445 e. The lowest BCUT2D eigenvalue weighted by Crippen LogP contribution is -2.51. The average molecular weight is 352 g/mol. The second kappa shape index (κ2) is 10.4. The molecule has 140 valence electrons. The maximum Gasteiger partial charge on any atom is 0.410 e. The third-order valence-electron chi connectivity index (χ3n) is 4.14. The van der Waals surface area contributed by atoms with Crippen LogP contribution < -0.4 is 5.32 Å². The Balaban J connectivity index is 1.75. The van der Waals surface area contributed by atoms with Crippen LogP contribution in [0.5, 0.6) is 0 Å². The van der Waals surface area contributed by atoms with Gasteiger partial charge in [-0.25, -0.2) is 4.79 Å². The van der Waals surface area contributed by atoms with Crippen molar-refractivity contribution in [2.75, 3.05) is 40.5 Å². The summed E-state index contributed by atoms with van der Waals surface area (Å²) >= 11 is 0. The van der Waals surface area contributed by atoms with Crippen LogP contribution >= 0.6 is 0 Å². The molecular weight excluding hydrogens is 324 g/mol. The summed E-state index contributed by atoms with van der Waals surface area (Å²) in [5.41, 5.74) is 0.973. The van der Waals surface area contributed by atoms with Gasteiger partial charge in [-0.15, -0.1) is 0 Å². The van der Waals surface area contributed by atoms with Crippen molar-refractivity contribution in [2.45, 2.75) is 32.0 Å². The van der Waals surface area contributed by atoms with Crippen molar-refractivity contribution < 1.29 is 23.7 Å². The Morgan fingerprint density at radius 3 is 2.72 bits per heavy atom. The molecule has 1 fully saturated rings. The highest BCUT2D eigenvalue weighted by Crippen LogP contribution is 2.09. The SMILES string of the molecule is COC(OC)C(C)NCC1CN(C(=O)OCc2ccccc2)CCO1. The third-order valence-corrected chi connectivity index (χ3v) is 4.14. The quantitative estimate of drug-likeness (QED) is 0.717. The second-order valence-electron chi connectivity index (χ2n) is 6.02. The second-order valence-corrected chi connectivity index (χ2v) is 6.02. The number of hydrogen-bond donors (Lipinski definition) is 1. The molecule has 0 aliphatic carbocycles. The van der Waals surface area contributed by atoms with Crippen LogP contribution in [0, 0.1) is 0 Å². The molecule has 0 spiro atoms. The Hall–Kier alpha value is -1.67. The van der Waals surface area contributed by atoms with E-state index in [0.717, 1.165) is 5.56 Å². The van der Waals surface area contributed by atoms with Gasteiger partial charge in [-0.2, -0.15) is 0 Å². The van der Waals surface area contributed by atoms with Crippen LogP contribution in [0.3, 0.4) is 0 Å². The number of benzene rings is 1. The largest absolute Gasteiger partial charge is 0.445 e. The molecular formula is C18H28N2O5. The van der Waals surface area contributed by atoms with Crippen LogP contribution in [0.15, 0.2) is 30.3 Å². The smallest absolute Gasteiger partial charge is 0.410 e. The van der Waals surface area contributed by atoms with Gasteiger partial charge in [-0.3, -0.25) is 0 Å². The van der Waals surface area contributed by atoms with E-state index < -0.39 is 0 Å². The molecule has 0 saturated carbocycles. The van der Waals surface area contributed by atoms with Gasteiger partial charge < -0.3 is 29.2 Å². The van der Waals surface area contributed by atoms with Crippen LogP contribution in [0.2, 0.25) is 0 Å². The number of rotatable bonds is 8. The Morgan fingerprint density at radius 2 is 2.04 bits per heavy atom. The Bertz CT molecular complexity index is 509. The summed E-state index contributed by atoms with van der Waals surface area (Å²) in [6, 6.07) is 9.66. The minimum atomic E-state index is -0.324. The summed E-state index contributed by atoms with van der Waals surface area (Å²) in [4.78, 5) is 13.9. The van der Waals surface area contributed by atoms with Crippen LogP contribution in [0.25, 0.3) is 0 Å². The molecule has 2 atom stereocenters. The van der Waals surface area contributed by atoms with Crippen molar-refractivity contribution in [3.05, 3.63) is 35.9 Å². The summed E-state index contributed by atoms with van der Waals surface area (Å²) in [6.45, 7) is 4.40. The molecule has 7 nitrogen and oxygen atoms in total. The first-order chi connectivity index (χ1) is 12.1. The van der Waals surface area contributed by atoms with Gasteiger partial charge in [0.25, 0.3) is 0 Å². The molecule has 7 heteroatoms. The van der Waals surface area contributed by atoms with Gasteiger partial charge in [0.2, 0.25) is 0 Å². The maximum atomic E-state index is 12.2. The monoisotopic (exact) mass is 352 g/mol. The Kier molecular flexibility index (Phi) is 8.14. The summed E-state index contributed by atoms with van der Waals surface area (Å²) in [7, 11) is 3.21. The molecule has 2 rings (SSSR count). The number of hydrogen-bond acceptors (Lipinski definition) is 6. The fraction of sp³-hybridized carbons (Fsp3) is 0.611. The van der Waals surface area contributed by atoms with Crippen LogP contribution in [0.4, 0.5) is 4.79 Å². The van der Waals surface area contributed by atoms with Gasteiger partial charge in [-0.05, 0) is 12.5 Å². The normalized spacial score (nSPS) is 19.0. The van der Waals surface area contributed by atoms with Crippen LogP contribution in [0.1, 0.15) is 12.5 Å². The summed E-state index contributed by atoms with van der Waals surface area (Å²) in [5, 5.41) is 3.32. The van der Waals surface area contributed by atoms with Gasteiger partial charge >= 0.3 is 6.09 Å². The number of ether oxygens (including phenoxy) is 4. The standard InChI is InChI=1S/C18H28N2O5/c1-14(17(22-2)23-3)19-11-16-12-20(9-10-24-16)18(21)25-13-15-7-5-4-6-8-15/h4-8,14,16-17,19H,9-13H2,1-3H3. The molecule has 25 heavy (non-hydrogen) atoms. The van der Waals surface area contributed by atoms with E-state index in [2.05, 4.69) is 5.32 Å². The highest BCUT2D eigenvalue weighted by atomic mass is 16.7. The fourth-order valence-corrected chi connectivity index (χ4v) is 2.74. The molecule has 1 aromatic carbocycles. The predicted octanol–water partition coefficient (Wildman–Crippen LogP) is 1.62. The molecule has 1 heterocycles. The van der Waals surface area contributed by atoms with E-state index in [4.69, 9.17) is 18.9 Å². The van der Waals surface area contributed by atoms with E-state index in [9.17, 15) is 4.79 Å². The summed E-state index contributed by atoms with van der Waals surface area (Å²) in [6.07, 6.45) is -0.720. The van der Waals surface area contributed by atoms with Crippen molar-refractivity contribution in [2.24, 2.45) is 0 Å². The molecule has 1 saturated heterocycles. The van der Waals surface area contributed by atoms with E-state index >= 15 is 0 Å². The first kappa shape index (κ1) is 19.7. The summed E-state index contributed by atoms with van der Waals surface area (Å²) < 4.78 is 21.6. The molecule has 1 aromatic rings. The van der Waals surface area contributed by atoms with Crippen molar-refractivity contribution in [1.82, 2.24) is 10.2 Å². The number of carbonyl (C=O) groups excluding carboxylic acids is 1. The first-order valence-electron chi connectivity index (χ1n) is 8.50. The lowest BCUT2D eigenvalue weighted by molar-refractivity contribution is -0.121. The first-order valence-corrected chi connectivity index (χ1v) is 8.50. The van der Waals surface area contributed by atoms with E-state index in [1.165, 1.54) is 0 Å². The third kappa shape index (κ3) is 6.28. The molecule has 1 aliphatic heterocycles. The van der Waals surface area contributed by atoms with Gasteiger partial charge in [0.1, 0.15) is 6.61 Å². The van der Waals surface area contributed by atoms with E-state index in [1.54, 1.807) is 19.1 Å². The number of nitrogens with one attached hydrogen (secondary N) is 1. The highest BCUT2D eigenvalue weighted by molar-refractivity contribution is 5.67. The number of amides is 1. The zero-order chi connectivity index (χ0) is 18.1. The van der Waals surface area contributed by atoms with Crippen LogP contribution in [-0.4, -0.2) is 69.9 Å². The zero-order valence-corrected chi connectivity index (χ0v) is 15.1. The number of nitrogens with zero attached hydrogens (tertiary/aromatic N) is 1. The van der Waals surface area contributed by atoms with Crippen molar-refractivity contribution in [1.29, 1.82) is 0 Å². The van der Waals surface area contributed by atoms with Crippen molar-refractivity contribution >= 4 is 6.09 Å². The van der Waals surface area contributed by atoms with Gasteiger partial charge in [0.15, 0.2) is 6.29 Å². The van der Waals surface area contributed by atoms with Crippen molar-refractivity contribution in [3.8, 4) is 0 Å². The fourth-order valence-electron chi connectivity index (χ4n) is 2.74. The lowest BCUT2D eigenvalue weighted by Gasteiger charge is -2.33. The van der Waals surface area contributed by atoms with E-state index in [-0.39, 0.29) is 31.1 Å². The molecule has 0 bridgehead atoms. The van der Waals surface area contributed by atoms with Crippen LogP contribution in [-0.2, 0) is 25.6 Å².